The van der Waals surface area contributed by atoms with E-state index in [4.69, 9.17) is 25.0 Å². The van der Waals surface area contributed by atoms with Crippen LogP contribution in [0.4, 0.5) is 0 Å². The van der Waals surface area contributed by atoms with Crippen LogP contribution >= 0.6 is 0 Å². The molecule has 0 bridgehead atoms. The average molecular weight is 2580 g/mol. The molecule has 12 aromatic rings. The molecule has 12 nitrogen and oxygen atoms in total. The van der Waals surface area contributed by atoms with E-state index < -0.39 is 0 Å². The zero-order valence-corrected chi connectivity index (χ0v) is 97.4. The molecule has 0 aliphatic carbocycles. The van der Waals surface area contributed by atoms with Crippen LogP contribution in [0.5, 0.6) is 0 Å². The van der Waals surface area contributed by atoms with Crippen LogP contribution in [-0.4, -0.2) is 63.5 Å². The molecule has 4 aromatic heterocycles. The molecule has 0 saturated heterocycles. The summed E-state index contributed by atoms with van der Waals surface area (Å²) in [6.07, 6.45) is 14.2. The minimum Gasteiger partial charge on any atom is -0.512 e. The van der Waals surface area contributed by atoms with E-state index in [-0.39, 0.29) is 150 Å². The van der Waals surface area contributed by atoms with Gasteiger partial charge in [0.15, 0.2) is 23.1 Å². The Balaban J connectivity index is 0.000000802. The Hall–Kier alpha value is -9.16. The summed E-state index contributed by atoms with van der Waals surface area (Å²) < 4.78 is 0. The van der Waals surface area contributed by atoms with E-state index >= 15 is 0 Å². The van der Waals surface area contributed by atoms with Gasteiger partial charge in [-0.1, -0.05) is 291 Å². The van der Waals surface area contributed by atoms with E-state index in [1.807, 2.05) is 83.1 Å². The fourth-order valence-electron chi connectivity index (χ4n) is 15.8. The normalized spacial score (nSPS) is 11.4. The molecule has 4 N–H and O–H groups in total. The number of fused-ring (bicyclic) bond motifs is 4. The van der Waals surface area contributed by atoms with Crippen molar-refractivity contribution < 1.29 is 120 Å². The molecule has 138 heavy (non-hydrogen) atoms. The fourth-order valence-corrected chi connectivity index (χ4v) is 15.8. The topological polar surface area (TPSA) is 201 Å². The molecular formula is C122H156Ir4N4O8-4. The molecule has 0 unspecified atom stereocenters. The number of aryl methyl sites for hydroxylation is 8. The van der Waals surface area contributed by atoms with E-state index in [9.17, 15) is 34.5 Å². The Morgan fingerprint density at radius 2 is 0.580 bits per heavy atom. The first kappa shape index (κ1) is 127. The summed E-state index contributed by atoms with van der Waals surface area (Å²) in [5, 5.41) is 41.7. The van der Waals surface area contributed by atoms with Crippen LogP contribution in [-0.2, 0) is 125 Å². The molecule has 4 heterocycles. The molecule has 752 valence electrons. The second kappa shape index (κ2) is 64.3. The van der Waals surface area contributed by atoms with E-state index in [2.05, 4.69) is 305 Å². The maximum absolute atomic E-state index is 11.7. The minimum atomic E-state index is -0.125. The molecular weight excluding hydrogens is 2420 g/mol. The molecule has 0 aliphatic heterocycles. The van der Waals surface area contributed by atoms with Gasteiger partial charge in [0.2, 0.25) is 0 Å². The molecule has 0 amide bonds. The number of ketones is 4. The number of benzene rings is 8. The van der Waals surface area contributed by atoms with Crippen molar-refractivity contribution in [2.45, 2.75) is 272 Å². The van der Waals surface area contributed by atoms with Gasteiger partial charge in [-0.15, -0.1) is 140 Å². The predicted octanol–water partition coefficient (Wildman–Crippen LogP) is 32.4. The Morgan fingerprint density at radius 3 is 0.790 bits per heavy atom. The second-order valence-electron chi connectivity index (χ2n) is 39.1. The third-order valence-electron chi connectivity index (χ3n) is 22.0. The van der Waals surface area contributed by atoms with Crippen LogP contribution in [0.15, 0.2) is 217 Å². The van der Waals surface area contributed by atoms with Crippen molar-refractivity contribution in [3.63, 3.8) is 0 Å². The van der Waals surface area contributed by atoms with Gasteiger partial charge < -0.3 is 20.4 Å². The van der Waals surface area contributed by atoms with Gasteiger partial charge in [-0.05, 0) is 170 Å². The van der Waals surface area contributed by atoms with Gasteiger partial charge in [0, 0.05) is 163 Å². The summed E-state index contributed by atoms with van der Waals surface area (Å²) in [4.78, 5) is 63.4. The number of hydrogen-bond acceptors (Lipinski definition) is 12. The smallest absolute Gasteiger partial charge is 0.162 e. The second-order valence-corrected chi connectivity index (χ2v) is 39.1. The third-order valence-corrected chi connectivity index (χ3v) is 22.0. The predicted molar refractivity (Wildman–Crippen MR) is 567 cm³/mol. The number of nitrogens with zero attached hydrogens (tertiary/aromatic N) is 4. The van der Waals surface area contributed by atoms with Gasteiger partial charge in [-0.25, -0.2) is 0 Å². The van der Waals surface area contributed by atoms with Crippen molar-refractivity contribution in [2.75, 3.05) is 0 Å². The number of rotatable bonds is 28. The molecule has 0 spiro atoms. The van der Waals surface area contributed by atoms with Crippen molar-refractivity contribution in [3.05, 3.63) is 308 Å². The Bertz CT molecular complexity index is 5320. The summed E-state index contributed by atoms with van der Waals surface area (Å²) >= 11 is 0. The molecule has 0 saturated carbocycles. The van der Waals surface area contributed by atoms with E-state index in [0.717, 1.165) is 141 Å². The van der Waals surface area contributed by atoms with Crippen LogP contribution in [0, 0.1) is 139 Å². The molecule has 8 aromatic carbocycles. The summed E-state index contributed by atoms with van der Waals surface area (Å²) in [6.45, 7) is 61.1. The fraction of sp³-hybridized carbons (Fsp3) is 0.410. The first-order chi connectivity index (χ1) is 63.2. The summed E-state index contributed by atoms with van der Waals surface area (Å²) in [5.74, 6) is 4.23. The summed E-state index contributed by atoms with van der Waals surface area (Å²) in [5.41, 5.74) is 27.8. The van der Waals surface area contributed by atoms with Crippen molar-refractivity contribution in [3.8, 4) is 45.0 Å². The third kappa shape index (κ3) is 45.2. The monoisotopic (exact) mass is 2580 g/mol. The SMILES string of the molecule is CC(=O)C=C(C)O.CC(C)C(=O)C=C(O)C(C)C.CC(C)CC(=O)C=C(O)CC(C)C.CCC(CC)C(=O)C=C(O)C(CC)CC.Cc1[c-]c(-c2ccc3c(CC(C)C)cccc3n2)cc(C)c1.Cc1[c-]c(-c2ccc3c(CC(C)C)cccc3n2)cc(C)c1.Cc1[c-]c(-c2ccc3c(CC(C)C)cccc3n2)cc(C)c1.Cc1[c-]c(-c2ccc3c(CC(C)C)cccc3n2)cc(C)c1.[Ir].[Ir].[Ir].[Ir]. The molecule has 4 radical (unpaired) electrons. The number of carbonyl (C=O) groups is 4. The van der Waals surface area contributed by atoms with Crippen LogP contribution < -0.4 is 0 Å². The van der Waals surface area contributed by atoms with Gasteiger partial charge in [0.05, 0.1) is 45.1 Å². The molecule has 0 aliphatic rings. The number of carbonyl (C=O) groups excluding carboxylic acids is 4. The minimum absolute atomic E-state index is 0. The van der Waals surface area contributed by atoms with Crippen LogP contribution in [0.2, 0.25) is 0 Å². The number of pyridine rings is 4. The van der Waals surface area contributed by atoms with Crippen molar-refractivity contribution in [1.82, 2.24) is 19.9 Å². The van der Waals surface area contributed by atoms with E-state index in [1.54, 1.807) is 0 Å². The zero-order valence-electron chi connectivity index (χ0n) is 87.9. The van der Waals surface area contributed by atoms with Gasteiger partial charge in [0.25, 0.3) is 0 Å². The summed E-state index contributed by atoms with van der Waals surface area (Å²) in [7, 11) is 0. The molecule has 0 atom stereocenters. The Kier molecular flexibility index (Phi) is 59.1. The molecule has 0 fully saturated rings. The largest absolute Gasteiger partial charge is 0.512 e. The first-order valence-electron chi connectivity index (χ1n) is 48.5. The maximum atomic E-state index is 11.7. The quantitative estimate of drug-likeness (QED) is 0.0206. The van der Waals surface area contributed by atoms with Crippen molar-refractivity contribution >= 4 is 66.7 Å². The Labute approximate surface area is 883 Å². The van der Waals surface area contributed by atoms with Crippen LogP contribution in [0.25, 0.3) is 88.6 Å². The van der Waals surface area contributed by atoms with Crippen LogP contribution in [0.1, 0.15) is 258 Å². The first-order valence-corrected chi connectivity index (χ1v) is 48.5. The van der Waals surface area contributed by atoms with Gasteiger partial charge in [-0.2, -0.15) is 0 Å². The van der Waals surface area contributed by atoms with Gasteiger partial charge >= 0.3 is 0 Å². The number of aliphatic hydroxyl groups is 4. The number of hydrogen-bond donors (Lipinski definition) is 4. The van der Waals surface area contributed by atoms with Gasteiger partial charge in [0.1, 0.15) is 0 Å². The number of aromatic nitrogens is 4. The maximum Gasteiger partial charge on any atom is 0.162 e. The van der Waals surface area contributed by atoms with Crippen molar-refractivity contribution in [2.24, 2.45) is 59.2 Å². The number of allylic oxidation sites excluding steroid dienone is 8. The molecule has 12 rings (SSSR count). The molecule has 16 heteroatoms. The van der Waals surface area contributed by atoms with E-state index in [0.29, 0.717) is 48.3 Å². The average Bonchev–Trinajstić information content (AvgIpc) is 0.811. The summed E-state index contributed by atoms with van der Waals surface area (Å²) in [6, 6.07) is 73.9. The van der Waals surface area contributed by atoms with Crippen molar-refractivity contribution in [1.29, 1.82) is 0 Å². The standard InChI is InChI=1S/4C21H22N.C13H24O2.C11H20O2.C9H16O2.C5H8O2.4Ir/c4*1-14(2)10-17-6-5-7-21-19(17)8-9-20(22-21)18-12-15(3)11-16(4)13-18;1-5-10(6-2)12(14)9-13(15)11(7-3)8-4;1-8(2)5-10(12)7-11(13)6-9(3)4;1-6(2)8(10)5-9(11)7(3)4;1-4(6)3-5(2)7;;;;/h4*5-9,11-12,14H,10H2,1-4H3;9-11,14H,5-8H2,1-4H3;7-9,12H,5-6H2,1-4H3;5-7,10H,1-4H3;3,6H,1-2H3;;;;/q4*-1;;;;;;;;. The zero-order chi connectivity index (χ0) is 99.9. The Morgan fingerprint density at radius 1 is 0.312 bits per heavy atom. The van der Waals surface area contributed by atoms with E-state index in [1.165, 1.54) is 104 Å². The van der Waals surface area contributed by atoms with Gasteiger partial charge in [-0.3, -0.25) is 39.1 Å². The number of aliphatic hydroxyl groups excluding tert-OH is 4. The van der Waals surface area contributed by atoms with Crippen LogP contribution in [0.3, 0.4) is 0 Å².